The van der Waals surface area contributed by atoms with Crippen molar-refractivity contribution in [2.75, 3.05) is 70.9 Å². The zero-order valence-corrected chi connectivity index (χ0v) is 48.0. The number of nitrogens with zero attached hydrogens (tertiary/aromatic N) is 2. The summed E-state index contributed by atoms with van der Waals surface area (Å²) in [5.41, 5.74) is 17.4. The van der Waals surface area contributed by atoms with Crippen LogP contribution < -0.4 is 26.0 Å². The van der Waals surface area contributed by atoms with Crippen molar-refractivity contribution in [2.24, 2.45) is 17.6 Å². The van der Waals surface area contributed by atoms with Crippen molar-refractivity contribution in [1.82, 2.24) is 9.80 Å². The summed E-state index contributed by atoms with van der Waals surface area (Å²) in [4.78, 5) is 34.8. The summed E-state index contributed by atoms with van der Waals surface area (Å²) in [6.45, 7) is 20.5. The maximum absolute atomic E-state index is 12.1. The molecule has 79 heavy (non-hydrogen) atoms. The average Bonchev–Trinajstić information content (AvgIpc) is 3.48. The van der Waals surface area contributed by atoms with E-state index < -0.39 is 0 Å². The van der Waals surface area contributed by atoms with Gasteiger partial charge in [-0.1, -0.05) is 134 Å². The molecule has 428 valence electrons. The van der Waals surface area contributed by atoms with Crippen LogP contribution in [0.25, 0.3) is 0 Å². The molecule has 0 spiro atoms. The number of rotatable bonds is 23. The Morgan fingerprint density at radius 2 is 1.18 bits per heavy atom. The van der Waals surface area contributed by atoms with Gasteiger partial charge in [0, 0.05) is 62.3 Å². The third-order valence-electron chi connectivity index (χ3n) is 14.6. The number of piperidine rings is 2. The second-order valence-corrected chi connectivity index (χ2v) is 21.2. The molecule has 3 aliphatic rings. The summed E-state index contributed by atoms with van der Waals surface area (Å²) >= 11 is 0. The fourth-order valence-electron chi connectivity index (χ4n) is 10.1. The number of Topliss-reactive ketones (excluding diaryl/α,β-unsaturated/α-hetero) is 1. The SMILES string of the molecule is C.CC.COC1CC(N)=CC=C1O[C@@H](CCN1CCC(c2cccc(NOCC(C)C)c2)CC1)c1ccccc1.COc1ccc(C(C)=O)cc1OC(CCN1CCC(c2cccc(NC(=O)C(C)C)c2)CC1)c1ccccc1. The number of hydrogen-bond donors (Lipinski definition) is 3. The van der Waals surface area contributed by atoms with Crippen LogP contribution in [0.5, 0.6) is 11.5 Å². The van der Waals surface area contributed by atoms with Crippen molar-refractivity contribution in [3.05, 3.63) is 179 Å². The molecule has 2 heterocycles. The van der Waals surface area contributed by atoms with Gasteiger partial charge in [0.1, 0.15) is 24.1 Å². The van der Waals surface area contributed by atoms with E-state index in [1.165, 1.54) is 16.7 Å². The van der Waals surface area contributed by atoms with Crippen LogP contribution in [0.1, 0.15) is 157 Å². The van der Waals surface area contributed by atoms with Crippen LogP contribution in [0, 0.1) is 11.8 Å². The quantitative estimate of drug-likeness (QED) is 0.0426. The minimum Gasteiger partial charge on any atom is -0.493 e. The highest BCUT2D eigenvalue weighted by atomic mass is 16.6. The predicted molar refractivity (Wildman–Crippen MR) is 324 cm³/mol. The Balaban J connectivity index is 0.000000279. The number of ketones is 1. The topological polar surface area (TPSA) is 137 Å². The average molecular weight is 1080 g/mol. The first-order chi connectivity index (χ1) is 37.8. The van der Waals surface area contributed by atoms with Gasteiger partial charge >= 0.3 is 0 Å². The number of ether oxygens (including phenoxy) is 4. The number of carbonyl (C=O) groups is 2. The zero-order chi connectivity index (χ0) is 55.8. The van der Waals surface area contributed by atoms with Crippen molar-refractivity contribution in [3.63, 3.8) is 0 Å². The van der Waals surface area contributed by atoms with E-state index in [-0.39, 0.29) is 43.3 Å². The molecule has 12 heteroatoms. The van der Waals surface area contributed by atoms with Gasteiger partial charge in [-0.05, 0) is 153 Å². The fraction of sp³-hybridized carbons (Fsp3) is 0.463. The number of anilines is 2. The summed E-state index contributed by atoms with van der Waals surface area (Å²) < 4.78 is 24.3. The third-order valence-corrected chi connectivity index (χ3v) is 14.6. The molecule has 2 saturated heterocycles. The highest BCUT2D eigenvalue weighted by molar-refractivity contribution is 5.94. The standard InChI is InChI=1S/C33H40N2O4.C31H43N3O3.C2H6.CH4/c1-23(2)33(37)34-29-12-8-11-28(21-29)25-15-18-35(19-16-25)20-17-30(26-9-6-5-7-10-26)39-32-22-27(24(3)36)13-14-31(32)38-4;1-23(2)22-36-33-28-11-7-10-26(20-28)24-14-17-34(18-15-24)19-16-29(25-8-5-4-6-9-25)37-30-13-12-27(32)21-31(30)35-3;1-2;/h5-14,21-23,25,30H,15-20H2,1-4H3,(H,34,37);4-13,20,23-24,29,31,33H,14-19,21-22,32H2,1-3H3;1-2H3;1H4/t;29-,31?;;/m.0../s1. The number of allylic oxidation sites excluding steroid dienone is 2. The van der Waals surface area contributed by atoms with Gasteiger partial charge in [-0.25, -0.2) is 0 Å². The Labute approximate surface area is 474 Å². The molecular weight excluding hydrogens is 987 g/mol. The van der Waals surface area contributed by atoms with E-state index >= 15 is 0 Å². The van der Waals surface area contributed by atoms with Crippen molar-refractivity contribution in [3.8, 4) is 11.5 Å². The summed E-state index contributed by atoms with van der Waals surface area (Å²) in [7, 11) is 3.33. The smallest absolute Gasteiger partial charge is 0.226 e. The van der Waals surface area contributed by atoms with E-state index in [1.54, 1.807) is 39.3 Å². The van der Waals surface area contributed by atoms with Crippen molar-refractivity contribution in [1.29, 1.82) is 0 Å². The van der Waals surface area contributed by atoms with Crippen LogP contribution in [-0.2, 0) is 19.1 Å². The molecule has 5 aromatic carbocycles. The zero-order valence-electron chi connectivity index (χ0n) is 48.0. The van der Waals surface area contributed by atoms with Gasteiger partial charge in [-0.3, -0.25) is 19.9 Å². The molecule has 0 bridgehead atoms. The Morgan fingerprint density at radius 1 is 0.646 bits per heavy atom. The van der Waals surface area contributed by atoms with Crippen LogP contribution in [0.2, 0.25) is 0 Å². The van der Waals surface area contributed by atoms with Gasteiger partial charge in [0.2, 0.25) is 5.91 Å². The first kappa shape index (κ1) is 63.4. The summed E-state index contributed by atoms with van der Waals surface area (Å²) in [6.07, 6.45) is 10.5. The number of hydrogen-bond acceptors (Lipinski definition) is 11. The molecule has 1 amide bonds. The maximum Gasteiger partial charge on any atom is 0.226 e. The molecule has 0 saturated carbocycles. The van der Waals surface area contributed by atoms with Gasteiger partial charge in [0.05, 0.1) is 19.4 Å². The normalized spacial score (nSPS) is 16.8. The van der Waals surface area contributed by atoms with Crippen molar-refractivity contribution >= 4 is 23.1 Å². The lowest BCUT2D eigenvalue weighted by molar-refractivity contribution is -0.118. The molecule has 0 radical (unpaired) electrons. The maximum atomic E-state index is 12.1. The number of nitrogens with one attached hydrogen (secondary N) is 2. The lowest BCUT2D eigenvalue weighted by atomic mass is 9.89. The highest BCUT2D eigenvalue weighted by Gasteiger charge is 2.27. The van der Waals surface area contributed by atoms with E-state index in [0.29, 0.717) is 47.8 Å². The fourth-order valence-corrected chi connectivity index (χ4v) is 10.1. The number of benzene rings is 5. The molecule has 0 aromatic heterocycles. The van der Waals surface area contributed by atoms with Crippen molar-refractivity contribution < 1.29 is 33.4 Å². The van der Waals surface area contributed by atoms with Gasteiger partial charge in [-0.2, -0.15) is 0 Å². The molecular formula is C67H93N5O7. The minimum absolute atomic E-state index is 0. The van der Waals surface area contributed by atoms with E-state index in [0.717, 1.165) is 106 Å². The molecule has 2 aliphatic heterocycles. The molecule has 4 N–H and O–H groups in total. The second-order valence-electron chi connectivity index (χ2n) is 21.2. The highest BCUT2D eigenvalue weighted by Crippen LogP contribution is 2.36. The molecule has 1 aliphatic carbocycles. The number of likely N-dealkylation sites (tertiary alicyclic amines) is 2. The van der Waals surface area contributed by atoms with Gasteiger partial charge in [0.25, 0.3) is 0 Å². The molecule has 12 nitrogen and oxygen atoms in total. The minimum atomic E-state index is -0.165. The lowest BCUT2D eigenvalue weighted by Gasteiger charge is -2.34. The van der Waals surface area contributed by atoms with E-state index in [9.17, 15) is 9.59 Å². The van der Waals surface area contributed by atoms with Crippen LogP contribution in [-0.4, -0.2) is 87.7 Å². The second kappa shape index (κ2) is 33.2. The third kappa shape index (κ3) is 20.0. The first-order valence-corrected chi connectivity index (χ1v) is 28.5. The van der Waals surface area contributed by atoms with Gasteiger partial charge in [-0.15, -0.1) is 0 Å². The van der Waals surface area contributed by atoms with Crippen molar-refractivity contribution in [2.45, 2.75) is 131 Å². The summed E-state index contributed by atoms with van der Waals surface area (Å²) in [6, 6.07) is 43.1. The number of methoxy groups -OCH3 is 2. The molecule has 5 aromatic rings. The van der Waals surface area contributed by atoms with E-state index in [1.807, 2.05) is 76.2 Å². The molecule has 3 atom stereocenters. The Hall–Kier alpha value is -6.44. The van der Waals surface area contributed by atoms with Crippen LogP contribution in [0.4, 0.5) is 11.4 Å². The van der Waals surface area contributed by atoms with E-state index in [2.05, 4.69) is 107 Å². The number of nitrogens with two attached hydrogens (primary N) is 1. The van der Waals surface area contributed by atoms with Crippen LogP contribution >= 0.6 is 0 Å². The summed E-state index contributed by atoms with van der Waals surface area (Å²) in [5, 5.41) is 3.02. The molecule has 8 rings (SSSR count). The van der Waals surface area contributed by atoms with Gasteiger partial charge < -0.3 is 39.8 Å². The monoisotopic (exact) mass is 1080 g/mol. The largest absolute Gasteiger partial charge is 0.493 e. The lowest BCUT2D eigenvalue weighted by Crippen LogP contribution is -2.34. The Bertz CT molecular complexity index is 2640. The molecule has 2 unspecified atom stereocenters. The van der Waals surface area contributed by atoms with Crippen LogP contribution in [0.3, 0.4) is 0 Å². The number of amides is 1. The predicted octanol–water partition coefficient (Wildman–Crippen LogP) is 14.7. The Kier molecular flexibility index (Phi) is 26.7. The summed E-state index contributed by atoms with van der Waals surface area (Å²) in [5.74, 6) is 3.62. The molecule has 2 fully saturated rings. The van der Waals surface area contributed by atoms with Crippen LogP contribution in [0.15, 0.2) is 151 Å². The van der Waals surface area contributed by atoms with E-state index in [4.69, 9.17) is 29.5 Å². The Morgan fingerprint density at radius 3 is 1.68 bits per heavy atom. The number of carbonyl (C=O) groups excluding carboxylic acids is 2. The van der Waals surface area contributed by atoms with Gasteiger partial charge in [0.15, 0.2) is 17.3 Å². The first-order valence-electron chi connectivity index (χ1n) is 28.5.